The van der Waals surface area contributed by atoms with E-state index in [4.69, 9.17) is 9.47 Å². The average molecular weight is 269 g/mol. The fraction of sp³-hybridized carbons (Fsp3) is 0.692. The van der Waals surface area contributed by atoms with Crippen LogP contribution in [-0.4, -0.2) is 36.2 Å². The second-order valence-corrected chi connectivity index (χ2v) is 5.46. The number of carbonyl (C=O) groups excluding carboxylic acids is 1. The van der Waals surface area contributed by atoms with Gasteiger partial charge < -0.3 is 9.47 Å². The lowest BCUT2D eigenvalue weighted by atomic mass is 9.87. The molecule has 2 heterocycles. The van der Waals surface area contributed by atoms with Crippen LogP contribution in [0, 0.1) is 6.92 Å². The third-order valence-electron chi connectivity index (χ3n) is 3.21. The Morgan fingerprint density at radius 3 is 2.83 bits per heavy atom. The van der Waals surface area contributed by atoms with Gasteiger partial charge in [0.15, 0.2) is 5.78 Å². The maximum absolute atomic E-state index is 12.5. The molecule has 1 aliphatic rings. The van der Waals surface area contributed by atoms with Crippen molar-refractivity contribution in [2.45, 2.75) is 38.7 Å². The van der Waals surface area contributed by atoms with Crippen molar-refractivity contribution in [2.75, 3.05) is 19.8 Å². The van der Waals surface area contributed by atoms with E-state index in [1.807, 2.05) is 19.2 Å². The molecular formula is C13H19NO3S. The van der Waals surface area contributed by atoms with Crippen LogP contribution >= 0.6 is 11.3 Å². The molecule has 0 unspecified atom stereocenters. The molecule has 0 amide bonds. The summed E-state index contributed by atoms with van der Waals surface area (Å²) in [6.07, 6.45) is 1.69. The number of rotatable bonds is 5. The number of hydrogen-bond acceptors (Lipinski definition) is 5. The average Bonchev–Trinajstić information content (AvgIpc) is 2.76. The molecule has 1 aliphatic heterocycles. The van der Waals surface area contributed by atoms with Gasteiger partial charge in [0.25, 0.3) is 0 Å². The first-order chi connectivity index (χ1) is 8.66. The SMILES string of the molecule is CCOC1(C(=O)Cc2nc(C)cs2)CCOCC1. The number of ether oxygens (including phenoxy) is 2. The quantitative estimate of drug-likeness (QED) is 0.822. The number of Topliss-reactive ketones (excluding diaryl/α,β-unsaturated/α-hetero) is 1. The fourth-order valence-electron chi connectivity index (χ4n) is 2.26. The molecule has 5 heteroatoms. The normalized spacial score (nSPS) is 18.8. The third kappa shape index (κ3) is 2.96. The van der Waals surface area contributed by atoms with Crippen molar-refractivity contribution in [2.24, 2.45) is 0 Å². The molecule has 0 N–H and O–H groups in total. The summed E-state index contributed by atoms with van der Waals surface area (Å²) in [7, 11) is 0. The molecule has 1 aromatic heterocycles. The Bertz CT molecular complexity index is 405. The number of ketones is 1. The van der Waals surface area contributed by atoms with Gasteiger partial charge in [-0.25, -0.2) is 4.98 Å². The zero-order valence-corrected chi connectivity index (χ0v) is 11.7. The predicted octanol–water partition coefficient (Wildman–Crippen LogP) is 2.15. The summed E-state index contributed by atoms with van der Waals surface area (Å²) in [4.78, 5) is 16.8. The van der Waals surface area contributed by atoms with E-state index >= 15 is 0 Å². The van der Waals surface area contributed by atoms with Crippen LogP contribution in [0.1, 0.15) is 30.5 Å². The molecule has 0 aromatic carbocycles. The minimum atomic E-state index is -0.646. The summed E-state index contributed by atoms with van der Waals surface area (Å²) in [5, 5.41) is 2.85. The van der Waals surface area contributed by atoms with E-state index in [0.29, 0.717) is 39.1 Å². The number of nitrogens with zero attached hydrogens (tertiary/aromatic N) is 1. The molecule has 18 heavy (non-hydrogen) atoms. The van der Waals surface area contributed by atoms with Crippen LogP contribution in [0.4, 0.5) is 0 Å². The largest absolute Gasteiger partial charge is 0.381 e. The van der Waals surface area contributed by atoms with Gasteiger partial charge in [-0.15, -0.1) is 11.3 Å². The lowest BCUT2D eigenvalue weighted by Gasteiger charge is -2.35. The molecule has 0 atom stereocenters. The highest BCUT2D eigenvalue weighted by Crippen LogP contribution is 2.28. The van der Waals surface area contributed by atoms with Crippen LogP contribution in [-0.2, 0) is 20.7 Å². The molecular weight excluding hydrogens is 250 g/mol. The molecule has 0 spiro atoms. The van der Waals surface area contributed by atoms with Crippen molar-refractivity contribution in [3.05, 3.63) is 16.1 Å². The first kappa shape index (κ1) is 13.6. The van der Waals surface area contributed by atoms with Crippen LogP contribution < -0.4 is 0 Å². The summed E-state index contributed by atoms with van der Waals surface area (Å²) in [6.45, 7) is 5.63. The van der Waals surface area contributed by atoms with E-state index in [9.17, 15) is 4.79 Å². The molecule has 4 nitrogen and oxygen atoms in total. The molecule has 0 radical (unpaired) electrons. The summed E-state index contributed by atoms with van der Waals surface area (Å²) in [6, 6.07) is 0. The summed E-state index contributed by atoms with van der Waals surface area (Å²) >= 11 is 1.54. The summed E-state index contributed by atoms with van der Waals surface area (Å²) < 4.78 is 11.1. The van der Waals surface area contributed by atoms with Crippen LogP contribution in [0.3, 0.4) is 0 Å². The van der Waals surface area contributed by atoms with Gasteiger partial charge >= 0.3 is 0 Å². The fourth-order valence-corrected chi connectivity index (χ4v) is 3.03. The van der Waals surface area contributed by atoms with E-state index in [-0.39, 0.29) is 5.78 Å². The molecule has 1 fully saturated rings. The summed E-state index contributed by atoms with van der Waals surface area (Å²) in [5.41, 5.74) is 0.326. The smallest absolute Gasteiger partial charge is 0.171 e. The van der Waals surface area contributed by atoms with Crippen LogP contribution in [0.15, 0.2) is 5.38 Å². The Hall–Kier alpha value is -0.780. The Morgan fingerprint density at radius 2 is 2.28 bits per heavy atom. The van der Waals surface area contributed by atoms with Gasteiger partial charge in [-0.05, 0) is 13.8 Å². The second-order valence-electron chi connectivity index (χ2n) is 4.52. The van der Waals surface area contributed by atoms with Crippen LogP contribution in [0.25, 0.3) is 0 Å². The van der Waals surface area contributed by atoms with Gasteiger partial charge in [0.2, 0.25) is 0 Å². The van der Waals surface area contributed by atoms with Gasteiger partial charge in [0.05, 0.1) is 6.42 Å². The van der Waals surface area contributed by atoms with Gasteiger partial charge in [-0.3, -0.25) is 4.79 Å². The number of hydrogen-bond donors (Lipinski definition) is 0. The maximum atomic E-state index is 12.5. The van der Waals surface area contributed by atoms with E-state index in [1.165, 1.54) is 11.3 Å². The first-order valence-electron chi connectivity index (χ1n) is 6.32. The summed E-state index contributed by atoms with van der Waals surface area (Å²) in [5.74, 6) is 0.141. The van der Waals surface area contributed by atoms with Crippen molar-refractivity contribution < 1.29 is 14.3 Å². The highest BCUT2D eigenvalue weighted by Gasteiger charge is 2.40. The maximum Gasteiger partial charge on any atom is 0.171 e. The Labute approximate surface area is 111 Å². The minimum Gasteiger partial charge on any atom is -0.381 e. The van der Waals surface area contributed by atoms with Gasteiger partial charge in [0.1, 0.15) is 10.6 Å². The zero-order valence-electron chi connectivity index (χ0n) is 10.9. The number of aryl methyl sites for hydroxylation is 1. The van der Waals surface area contributed by atoms with E-state index < -0.39 is 5.60 Å². The van der Waals surface area contributed by atoms with Crippen molar-refractivity contribution in [3.8, 4) is 0 Å². The van der Waals surface area contributed by atoms with E-state index in [2.05, 4.69) is 4.98 Å². The molecule has 0 saturated carbocycles. The Balaban J connectivity index is 2.08. The van der Waals surface area contributed by atoms with Crippen molar-refractivity contribution in [3.63, 3.8) is 0 Å². The van der Waals surface area contributed by atoms with E-state index in [0.717, 1.165) is 10.7 Å². The number of carbonyl (C=O) groups is 1. The number of aromatic nitrogens is 1. The second kappa shape index (κ2) is 5.91. The van der Waals surface area contributed by atoms with Crippen molar-refractivity contribution in [1.29, 1.82) is 0 Å². The van der Waals surface area contributed by atoms with Gasteiger partial charge in [-0.2, -0.15) is 0 Å². The van der Waals surface area contributed by atoms with Gasteiger partial charge in [-0.1, -0.05) is 0 Å². The van der Waals surface area contributed by atoms with Crippen LogP contribution in [0.5, 0.6) is 0 Å². The standard InChI is InChI=1S/C13H19NO3S/c1-3-17-13(4-6-16-7-5-13)11(15)8-12-14-10(2)9-18-12/h9H,3-8H2,1-2H3. The molecule has 1 aromatic rings. The Kier molecular flexibility index (Phi) is 4.48. The first-order valence-corrected chi connectivity index (χ1v) is 7.20. The molecule has 0 aliphatic carbocycles. The topological polar surface area (TPSA) is 48.4 Å². The third-order valence-corrected chi connectivity index (χ3v) is 4.17. The highest BCUT2D eigenvalue weighted by atomic mass is 32.1. The highest BCUT2D eigenvalue weighted by molar-refractivity contribution is 7.09. The molecule has 0 bridgehead atoms. The monoisotopic (exact) mass is 269 g/mol. The van der Waals surface area contributed by atoms with Crippen LogP contribution in [0.2, 0.25) is 0 Å². The lowest BCUT2D eigenvalue weighted by Crippen LogP contribution is -2.47. The van der Waals surface area contributed by atoms with E-state index in [1.54, 1.807) is 0 Å². The molecule has 1 saturated heterocycles. The molecule has 2 rings (SSSR count). The Morgan fingerprint density at radius 1 is 1.56 bits per heavy atom. The number of thiazole rings is 1. The van der Waals surface area contributed by atoms with Crippen molar-refractivity contribution >= 4 is 17.1 Å². The van der Waals surface area contributed by atoms with Crippen molar-refractivity contribution in [1.82, 2.24) is 4.98 Å². The van der Waals surface area contributed by atoms with Gasteiger partial charge in [0, 0.05) is 43.7 Å². The molecule has 100 valence electrons. The predicted molar refractivity (Wildman–Crippen MR) is 70.0 cm³/mol. The lowest BCUT2D eigenvalue weighted by molar-refractivity contribution is -0.156. The minimum absolute atomic E-state index is 0.141. The zero-order chi connectivity index (χ0) is 13.0.